The number of carbonyl (C=O) groups is 3. The summed E-state index contributed by atoms with van der Waals surface area (Å²) in [5.41, 5.74) is 0. The second kappa shape index (κ2) is 63.3. The van der Waals surface area contributed by atoms with Gasteiger partial charge in [0.1, 0.15) is 13.2 Å². The van der Waals surface area contributed by atoms with Gasteiger partial charge < -0.3 is 14.2 Å². The Morgan fingerprint density at radius 2 is 0.519 bits per heavy atom. The van der Waals surface area contributed by atoms with Crippen LogP contribution in [-0.2, 0) is 28.6 Å². The van der Waals surface area contributed by atoms with Gasteiger partial charge >= 0.3 is 17.9 Å². The number of hydrogen-bond donors (Lipinski definition) is 0. The van der Waals surface area contributed by atoms with Crippen molar-refractivity contribution in [1.29, 1.82) is 0 Å². The Morgan fingerprint density at radius 3 is 0.844 bits per heavy atom. The first-order chi connectivity index (χ1) is 38.0. The molecule has 0 N–H and O–H groups in total. The number of esters is 3. The number of hydrogen-bond acceptors (Lipinski definition) is 6. The van der Waals surface area contributed by atoms with Crippen molar-refractivity contribution in [2.24, 2.45) is 0 Å². The van der Waals surface area contributed by atoms with Gasteiger partial charge in [-0.15, -0.1) is 0 Å². The Balaban J connectivity index is 4.24. The number of allylic oxidation sites excluding steroid dienone is 28. The van der Waals surface area contributed by atoms with E-state index in [1.807, 2.05) is 0 Å². The lowest BCUT2D eigenvalue weighted by atomic mass is 10.1. The van der Waals surface area contributed by atoms with Crippen LogP contribution >= 0.6 is 0 Å². The predicted molar refractivity (Wildman–Crippen MR) is 334 cm³/mol. The van der Waals surface area contributed by atoms with Crippen molar-refractivity contribution in [3.63, 3.8) is 0 Å². The van der Waals surface area contributed by atoms with E-state index in [1.54, 1.807) is 0 Å². The summed E-state index contributed by atoms with van der Waals surface area (Å²) in [6.07, 6.45) is 94.0. The fraction of sp³-hybridized carbons (Fsp3) is 0.563. The maximum absolute atomic E-state index is 12.8. The van der Waals surface area contributed by atoms with Gasteiger partial charge in [0.2, 0.25) is 0 Å². The van der Waals surface area contributed by atoms with Gasteiger partial charge in [0.15, 0.2) is 6.10 Å². The first-order valence-electron chi connectivity index (χ1n) is 30.6. The summed E-state index contributed by atoms with van der Waals surface area (Å²) in [5, 5.41) is 0. The second-order valence-electron chi connectivity index (χ2n) is 19.5. The van der Waals surface area contributed by atoms with Crippen LogP contribution in [-0.4, -0.2) is 37.2 Å². The average molecular weight is 1060 g/mol. The minimum atomic E-state index is -0.811. The molecule has 0 rings (SSSR count). The topological polar surface area (TPSA) is 78.9 Å². The molecule has 0 saturated heterocycles. The van der Waals surface area contributed by atoms with Crippen molar-refractivity contribution in [1.82, 2.24) is 0 Å². The van der Waals surface area contributed by atoms with Crippen LogP contribution < -0.4 is 0 Å². The van der Waals surface area contributed by atoms with Crippen LogP contribution in [0.4, 0.5) is 0 Å². The average Bonchev–Trinajstić information content (AvgIpc) is 3.43. The van der Waals surface area contributed by atoms with Crippen LogP contribution in [0.2, 0.25) is 0 Å². The molecule has 77 heavy (non-hydrogen) atoms. The van der Waals surface area contributed by atoms with E-state index in [0.29, 0.717) is 19.3 Å². The van der Waals surface area contributed by atoms with E-state index < -0.39 is 6.10 Å². The molecule has 0 aliphatic carbocycles. The maximum atomic E-state index is 12.8. The van der Waals surface area contributed by atoms with Gasteiger partial charge in [-0.25, -0.2) is 0 Å². The second-order valence-corrected chi connectivity index (χ2v) is 19.5. The van der Waals surface area contributed by atoms with Crippen molar-refractivity contribution in [2.45, 2.75) is 245 Å². The molecule has 6 heteroatoms. The fourth-order valence-electron chi connectivity index (χ4n) is 7.70. The molecule has 0 fully saturated rings. The summed E-state index contributed by atoms with van der Waals surface area (Å²) in [6.45, 7) is 6.26. The Labute approximate surface area is 472 Å². The molecule has 0 bridgehead atoms. The SMILES string of the molecule is CC/C=C\C/C=C\C/C=C\C/C=C\C/C=C\C/C=C\C/C=C\C/C=C\C/C=C\CCCC(=O)OCC(COC(=O)CCCCCCC)OC(=O)CCCCCCCCCCC/C=C\C/C=C\C/C=C\C/C=C\C/C=C\CC. The first-order valence-corrected chi connectivity index (χ1v) is 30.6. The van der Waals surface area contributed by atoms with E-state index in [4.69, 9.17) is 14.2 Å². The quantitative estimate of drug-likeness (QED) is 0.0261. The molecule has 0 aromatic carbocycles. The van der Waals surface area contributed by atoms with Crippen LogP contribution in [0.3, 0.4) is 0 Å². The number of ether oxygens (including phenoxy) is 3. The third kappa shape index (κ3) is 61.5. The lowest BCUT2D eigenvalue weighted by Crippen LogP contribution is -2.30. The fourth-order valence-corrected chi connectivity index (χ4v) is 7.70. The van der Waals surface area contributed by atoms with Gasteiger partial charge in [0, 0.05) is 19.3 Å². The minimum absolute atomic E-state index is 0.106. The van der Waals surface area contributed by atoms with E-state index >= 15 is 0 Å². The maximum Gasteiger partial charge on any atom is 0.306 e. The van der Waals surface area contributed by atoms with E-state index in [0.717, 1.165) is 154 Å². The lowest BCUT2D eigenvalue weighted by Gasteiger charge is -2.18. The molecular weight excluding hydrogens is 949 g/mol. The predicted octanol–water partition coefficient (Wildman–Crippen LogP) is 21.1. The first kappa shape index (κ1) is 71.8. The van der Waals surface area contributed by atoms with Crippen molar-refractivity contribution in [2.75, 3.05) is 13.2 Å². The highest BCUT2D eigenvalue weighted by Crippen LogP contribution is 2.14. The summed E-state index contributed by atoms with van der Waals surface area (Å²) >= 11 is 0. The Hall–Kier alpha value is -5.23. The Morgan fingerprint density at radius 1 is 0.273 bits per heavy atom. The molecule has 0 heterocycles. The van der Waals surface area contributed by atoms with Crippen molar-refractivity contribution in [3.8, 4) is 0 Å². The van der Waals surface area contributed by atoms with Gasteiger partial charge in [0.05, 0.1) is 0 Å². The van der Waals surface area contributed by atoms with Crippen molar-refractivity contribution < 1.29 is 28.6 Å². The highest BCUT2D eigenvalue weighted by molar-refractivity contribution is 5.71. The standard InChI is InChI=1S/C71H110O6/c1-4-7-10-13-15-17-19-21-23-25-27-29-31-33-34-35-36-38-39-41-43-45-47-49-51-53-55-58-61-64-70(73)76-67-68(66-75-69(72)63-60-57-12-9-6-3)77-71(74)65-62-59-56-54-52-50-48-46-44-42-40-37-32-30-28-26-24-22-20-18-16-14-11-8-5-2/h7-8,10-11,15-18,21-24,27-30,33-34,36-38,40-41,43,47,49,53,55,68H,4-6,9,12-14,19-20,25-26,31-32,35,39,42,44-46,48,50-52,54,56-67H2,1-3H3/b10-7-,11-8-,17-15-,18-16-,23-21-,24-22-,29-27-,30-28-,34-33-,38-36-,40-37-,43-41-,49-47-,55-53-. The number of unbranched alkanes of at least 4 members (excludes halogenated alkanes) is 14. The van der Waals surface area contributed by atoms with Gasteiger partial charge in [-0.1, -0.05) is 262 Å². The third-order valence-electron chi connectivity index (χ3n) is 12.2. The zero-order chi connectivity index (χ0) is 55.7. The van der Waals surface area contributed by atoms with Crippen LogP contribution in [0.5, 0.6) is 0 Å². The summed E-state index contributed by atoms with van der Waals surface area (Å²) in [6, 6.07) is 0. The molecule has 1 atom stereocenters. The molecule has 0 spiro atoms. The Bertz CT molecular complexity index is 1790. The largest absolute Gasteiger partial charge is 0.462 e. The highest BCUT2D eigenvalue weighted by atomic mass is 16.6. The minimum Gasteiger partial charge on any atom is -0.462 e. The van der Waals surface area contributed by atoms with E-state index in [1.165, 1.54) is 38.5 Å². The molecule has 0 aliphatic heterocycles. The molecule has 0 aromatic heterocycles. The lowest BCUT2D eigenvalue weighted by molar-refractivity contribution is -0.167. The third-order valence-corrected chi connectivity index (χ3v) is 12.2. The molecule has 1 unspecified atom stereocenters. The molecule has 0 aromatic rings. The van der Waals surface area contributed by atoms with E-state index in [2.05, 4.69) is 191 Å². The smallest absolute Gasteiger partial charge is 0.306 e. The zero-order valence-corrected chi connectivity index (χ0v) is 49.1. The zero-order valence-electron chi connectivity index (χ0n) is 49.1. The van der Waals surface area contributed by atoms with Crippen LogP contribution in [0.1, 0.15) is 239 Å². The molecule has 0 radical (unpaired) electrons. The van der Waals surface area contributed by atoms with E-state index in [9.17, 15) is 14.4 Å². The van der Waals surface area contributed by atoms with Crippen LogP contribution in [0, 0.1) is 0 Å². The molecule has 0 aliphatic rings. The monoisotopic (exact) mass is 1060 g/mol. The summed E-state index contributed by atoms with van der Waals surface area (Å²) in [7, 11) is 0. The normalized spacial score (nSPS) is 13.3. The molecule has 0 saturated carbocycles. The van der Waals surface area contributed by atoms with Crippen molar-refractivity contribution >= 4 is 17.9 Å². The summed E-state index contributed by atoms with van der Waals surface area (Å²) in [5.74, 6) is -0.998. The van der Waals surface area contributed by atoms with Gasteiger partial charge in [-0.3, -0.25) is 14.4 Å². The van der Waals surface area contributed by atoms with Crippen molar-refractivity contribution in [3.05, 3.63) is 170 Å². The van der Waals surface area contributed by atoms with E-state index in [-0.39, 0.29) is 37.5 Å². The molecule has 6 nitrogen and oxygen atoms in total. The molecular formula is C71H110O6. The number of rotatable bonds is 53. The molecule has 0 amide bonds. The summed E-state index contributed by atoms with van der Waals surface area (Å²) < 4.78 is 16.7. The molecule has 430 valence electrons. The van der Waals surface area contributed by atoms with Gasteiger partial charge in [-0.2, -0.15) is 0 Å². The van der Waals surface area contributed by atoms with Gasteiger partial charge in [0.25, 0.3) is 0 Å². The van der Waals surface area contributed by atoms with Crippen LogP contribution in [0.25, 0.3) is 0 Å². The number of carbonyl (C=O) groups excluding carboxylic acids is 3. The highest BCUT2D eigenvalue weighted by Gasteiger charge is 2.19. The van der Waals surface area contributed by atoms with Gasteiger partial charge in [-0.05, 0) is 128 Å². The van der Waals surface area contributed by atoms with Crippen LogP contribution in [0.15, 0.2) is 170 Å². The Kier molecular flexibility index (Phi) is 59.0. The summed E-state index contributed by atoms with van der Waals surface area (Å²) in [4.78, 5) is 37.9.